The number of fused-ring (bicyclic) bond motifs is 1. The number of anilines is 2. The number of H-pyrrole nitrogens is 1. The number of rotatable bonds is 4. The van der Waals surface area contributed by atoms with Gasteiger partial charge in [-0.1, -0.05) is 0 Å². The summed E-state index contributed by atoms with van der Waals surface area (Å²) < 4.78 is 4.92. The van der Waals surface area contributed by atoms with Crippen LogP contribution in [0.2, 0.25) is 0 Å². The van der Waals surface area contributed by atoms with Gasteiger partial charge in [0.15, 0.2) is 5.58 Å². The van der Waals surface area contributed by atoms with E-state index in [9.17, 15) is 9.59 Å². The van der Waals surface area contributed by atoms with E-state index in [4.69, 9.17) is 15.9 Å². The number of aromatic nitrogens is 1. The van der Waals surface area contributed by atoms with Crippen molar-refractivity contribution in [3.05, 3.63) is 22.7 Å². The van der Waals surface area contributed by atoms with Gasteiger partial charge in [0.1, 0.15) is 0 Å². The van der Waals surface area contributed by atoms with Crippen molar-refractivity contribution < 1.29 is 9.21 Å². The number of hydrogen-bond donors (Lipinski definition) is 3. The van der Waals surface area contributed by atoms with Gasteiger partial charge in [-0.3, -0.25) is 9.78 Å². The van der Waals surface area contributed by atoms with Crippen LogP contribution in [0.25, 0.3) is 11.1 Å². The molecule has 5 N–H and O–H groups in total. The lowest BCUT2D eigenvalue weighted by molar-refractivity contribution is -0.116. The molecule has 0 spiro atoms. The molecule has 0 atom stereocenters. The van der Waals surface area contributed by atoms with E-state index in [0.29, 0.717) is 22.5 Å². The SMILES string of the molecule is CC(C)N(CC(N)=O)c1cc2[nH]c(=O)oc2cc1N. The predicted octanol–water partition coefficient (Wildman–Crippen LogP) is 0.403. The second-order valence-electron chi connectivity index (χ2n) is 4.61. The summed E-state index contributed by atoms with van der Waals surface area (Å²) in [5.41, 5.74) is 13.2. The summed E-state index contributed by atoms with van der Waals surface area (Å²) in [5.74, 6) is -0.994. The van der Waals surface area contributed by atoms with Gasteiger partial charge in [-0.05, 0) is 19.9 Å². The quantitative estimate of drug-likeness (QED) is 0.691. The number of benzene rings is 1. The lowest BCUT2D eigenvalue weighted by Gasteiger charge is -2.28. The molecule has 1 amide bonds. The van der Waals surface area contributed by atoms with E-state index in [-0.39, 0.29) is 12.6 Å². The monoisotopic (exact) mass is 264 g/mol. The third-order valence-electron chi connectivity index (χ3n) is 2.83. The average Bonchev–Trinajstić information content (AvgIpc) is 2.63. The molecule has 2 aromatic rings. The zero-order valence-corrected chi connectivity index (χ0v) is 10.8. The van der Waals surface area contributed by atoms with Crippen LogP contribution in [-0.4, -0.2) is 23.5 Å². The fraction of sp³-hybridized carbons (Fsp3) is 0.333. The Morgan fingerprint density at radius 1 is 1.47 bits per heavy atom. The molecule has 0 saturated heterocycles. The van der Waals surface area contributed by atoms with E-state index in [1.807, 2.05) is 13.8 Å². The van der Waals surface area contributed by atoms with Gasteiger partial charge in [-0.25, -0.2) is 4.79 Å². The van der Waals surface area contributed by atoms with Crippen LogP contribution >= 0.6 is 0 Å². The predicted molar refractivity (Wildman–Crippen MR) is 72.9 cm³/mol. The summed E-state index contributed by atoms with van der Waals surface area (Å²) >= 11 is 0. The summed E-state index contributed by atoms with van der Waals surface area (Å²) in [4.78, 5) is 26.6. The average molecular weight is 264 g/mol. The second kappa shape index (κ2) is 4.68. The zero-order valence-electron chi connectivity index (χ0n) is 10.8. The van der Waals surface area contributed by atoms with Gasteiger partial charge in [0, 0.05) is 12.1 Å². The van der Waals surface area contributed by atoms with Crippen molar-refractivity contribution in [1.29, 1.82) is 0 Å². The van der Waals surface area contributed by atoms with Crippen molar-refractivity contribution in [3.8, 4) is 0 Å². The Hall–Kier alpha value is -2.44. The first-order chi connectivity index (χ1) is 8.88. The molecule has 0 saturated carbocycles. The van der Waals surface area contributed by atoms with Crippen molar-refractivity contribution in [2.45, 2.75) is 19.9 Å². The van der Waals surface area contributed by atoms with Gasteiger partial charge in [0.2, 0.25) is 5.91 Å². The summed E-state index contributed by atoms with van der Waals surface area (Å²) in [6, 6.07) is 3.27. The molecule has 1 aromatic carbocycles. The van der Waals surface area contributed by atoms with Crippen LogP contribution in [0.3, 0.4) is 0 Å². The minimum atomic E-state index is -0.544. The minimum absolute atomic E-state index is 0.0332. The Morgan fingerprint density at radius 2 is 2.16 bits per heavy atom. The summed E-state index contributed by atoms with van der Waals surface area (Å²) in [6.45, 7) is 3.89. The molecule has 0 radical (unpaired) electrons. The molecule has 0 bridgehead atoms. The first kappa shape index (κ1) is 13.0. The first-order valence-corrected chi connectivity index (χ1v) is 5.85. The highest BCUT2D eigenvalue weighted by Crippen LogP contribution is 2.29. The van der Waals surface area contributed by atoms with Gasteiger partial charge in [0.05, 0.1) is 23.4 Å². The highest BCUT2D eigenvalue weighted by molar-refractivity contribution is 5.88. The fourth-order valence-electron chi connectivity index (χ4n) is 1.96. The van der Waals surface area contributed by atoms with Crippen molar-refractivity contribution in [2.75, 3.05) is 17.2 Å². The largest absolute Gasteiger partial charge is 0.417 e. The second-order valence-corrected chi connectivity index (χ2v) is 4.61. The van der Waals surface area contributed by atoms with Gasteiger partial charge in [0.25, 0.3) is 0 Å². The van der Waals surface area contributed by atoms with E-state index in [2.05, 4.69) is 4.98 Å². The number of nitrogens with zero attached hydrogens (tertiary/aromatic N) is 1. The summed E-state index contributed by atoms with van der Waals surface area (Å²) in [5, 5.41) is 0. The van der Waals surface area contributed by atoms with Crippen molar-refractivity contribution in [1.82, 2.24) is 4.98 Å². The molecule has 0 aliphatic rings. The van der Waals surface area contributed by atoms with Crippen LogP contribution in [0.4, 0.5) is 11.4 Å². The molecule has 19 heavy (non-hydrogen) atoms. The molecular formula is C12H16N4O3. The van der Waals surface area contributed by atoms with Crippen molar-refractivity contribution in [2.24, 2.45) is 5.73 Å². The molecule has 1 heterocycles. The van der Waals surface area contributed by atoms with Crippen LogP contribution in [0.5, 0.6) is 0 Å². The molecule has 1 aromatic heterocycles. The van der Waals surface area contributed by atoms with Gasteiger partial charge >= 0.3 is 5.76 Å². The van der Waals surface area contributed by atoms with Crippen LogP contribution in [0.15, 0.2) is 21.3 Å². The van der Waals surface area contributed by atoms with Crippen LogP contribution in [0, 0.1) is 0 Å². The van der Waals surface area contributed by atoms with E-state index in [1.165, 1.54) is 0 Å². The number of amides is 1. The summed E-state index contributed by atoms with van der Waals surface area (Å²) in [6.07, 6.45) is 0. The molecule has 7 heteroatoms. The third-order valence-corrected chi connectivity index (χ3v) is 2.83. The molecule has 2 rings (SSSR count). The molecule has 102 valence electrons. The Balaban J connectivity index is 2.54. The van der Waals surface area contributed by atoms with Crippen LogP contribution in [-0.2, 0) is 4.79 Å². The van der Waals surface area contributed by atoms with Crippen LogP contribution in [0.1, 0.15) is 13.8 Å². The summed E-state index contributed by atoms with van der Waals surface area (Å²) in [7, 11) is 0. The number of nitrogens with two attached hydrogens (primary N) is 2. The van der Waals surface area contributed by atoms with Crippen molar-refractivity contribution in [3.63, 3.8) is 0 Å². The Morgan fingerprint density at radius 3 is 2.74 bits per heavy atom. The number of carbonyl (C=O) groups is 1. The number of hydrogen-bond acceptors (Lipinski definition) is 5. The highest BCUT2D eigenvalue weighted by Gasteiger charge is 2.17. The molecule has 0 unspecified atom stereocenters. The Kier molecular flexibility index (Phi) is 3.20. The highest BCUT2D eigenvalue weighted by atomic mass is 16.4. The molecule has 0 fully saturated rings. The van der Waals surface area contributed by atoms with E-state index in [0.717, 1.165) is 0 Å². The number of aromatic amines is 1. The lowest BCUT2D eigenvalue weighted by Crippen LogP contribution is -2.39. The number of oxazole rings is 1. The number of carbonyl (C=O) groups excluding carboxylic acids is 1. The lowest BCUT2D eigenvalue weighted by atomic mass is 10.2. The van der Waals surface area contributed by atoms with Gasteiger partial charge < -0.3 is 20.8 Å². The zero-order chi connectivity index (χ0) is 14.2. The fourth-order valence-corrected chi connectivity index (χ4v) is 1.96. The third kappa shape index (κ3) is 2.54. The van der Waals surface area contributed by atoms with E-state index in [1.54, 1.807) is 17.0 Å². The molecule has 0 aliphatic carbocycles. The van der Waals surface area contributed by atoms with Gasteiger partial charge in [-0.15, -0.1) is 0 Å². The van der Waals surface area contributed by atoms with Crippen LogP contribution < -0.4 is 22.1 Å². The molecule has 0 aliphatic heterocycles. The maximum absolute atomic E-state index is 11.1. The first-order valence-electron chi connectivity index (χ1n) is 5.85. The smallest absolute Gasteiger partial charge is 0.408 e. The Labute approximate surface area is 109 Å². The topological polar surface area (TPSA) is 118 Å². The van der Waals surface area contributed by atoms with E-state index >= 15 is 0 Å². The number of primary amides is 1. The number of nitrogens with one attached hydrogen (secondary N) is 1. The maximum Gasteiger partial charge on any atom is 0.417 e. The van der Waals surface area contributed by atoms with E-state index < -0.39 is 11.7 Å². The van der Waals surface area contributed by atoms with Gasteiger partial charge in [-0.2, -0.15) is 0 Å². The standard InChI is InChI=1S/C12H16N4O3/c1-6(2)16(5-11(14)17)9-4-8-10(3-7(9)13)19-12(18)15-8/h3-4,6H,5,13H2,1-2H3,(H2,14,17)(H,15,18). The maximum atomic E-state index is 11.1. The Bertz CT molecular complexity index is 671. The molecule has 7 nitrogen and oxygen atoms in total. The minimum Gasteiger partial charge on any atom is -0.408 e. The van der Waals surface area contributed by atoms with Crippen molar-refractivity contribution >= 4 is 28.4 Å². The normalized spacial score (nSPS) is 11.1. The number of nitrogen functional groups attached to an aromatic ring is 1. The molecular weight excluding hydrogens is 248 g/mol.